The Morgan fingerprint density at radius 2 is 2.29 bits per heavy atom. The van der Waals surface area contributed by atoms with Crippen LogP contribution < -0.4 is 11.2 Å². The van der Waals surface area contributed by atoms with E-state index in [1.165, 1.54) is 25.0 Å². The number of nitrogens with zero attached hydrogens (tertiary/aromatic N) is 1. The number of nitrogens with two attached hydrogens (primary N) is 1. The normalized spacial score (nSPS) is 10.6. The second-order valence-corrected chi connectivity index (χ2v) is 4.56. The van der Waals surface area contributed by atoms with Crippen molar-refractivity contribution in [2.45, 2.75) is 32.6 Å². The van der Waals surface area contributed by atoms with Crippen molar-refractivity contribution in [3.05, 3.63) is 0 Å². The third-order valence-corrected chi connectivity index (χ3v) is 2.74. The van der Waals surface area contributed by atoms with Crippen LogP contribution in [-0.2, 0) is 0 Å². The molecule has 0 aromatic rings. The quantitative estimate of drug-likeness (QED) is 0.292. The lowest BCUT2D eigenvalue weighted by atomic mass is 10.3. The maximum Gasteiger partial charge on any atom is 0.184 e. The van der Waals surface area contributed by atoms with E-state index in [-0.39, 0.29) is 5.11 Å². The first kappa shape index (κ1) is 13.7. The van der Waals surface area contributed by atoms with Crippen molar-refractivity contribution in [1.29, 1.82) is 0 Å². The Bertz CT molecular complexity index is 171. The van der Waals surface area contributed by atoms with Gasteiger partial charge in [-0.1, -0.05) is 19.8 Å². The van der Waals surface area contributed by atoms with Crippen molar-refractivity contribution in [3.63, 3.8) is 0 Å². The molecule has 0 bridgehead atoms. The minimum atomic E-state index is 0.219. The molecule has 0 saturated carbocycles. The molecule has 0 atom stereocenters. The molecule has 0 fully saturated rings. The van der Waals surface area contributed by atoms with Crippen molar-refractivity contribution < 1.29 is 0 Å². The molecule has 0 spiro atoms. The number of hydrogen-bond donors (Lipinski definition) is 2. The Morgan fingerprint density at radius 1 is 1.50 bits per heavy atom. The fraction of sp³-hybridized carbons (Fsp3) is 0.778. The largest absolute Gasteiger partial charge is 0.375 e. The van der Waals surface area contributed by atoms with Gasteiger partial charge in [0.15, 0.2) is 5.11 Å². The van der Waals surface area contributed by atoms with Gasteiger partial charge in [-0.2, -0.15) is 16.9 Å². The number of thiocarbonyl (C=S) groups is 1. The van der Waals surface area contributed by atoms with Crippen LogP contribution in [0.5, 0.6) is 0 Å². The zero-order valence-corrected chi connectivity index (χ0v) is 10.3. The smallest absolute Gasteiger partial charge is 0.184 e. The summed E-state index contributed by atoms with van der Waals surface area (Å²) in [6.45, 7) is 2.22. The molecule has 0 aromatic carbocycles. The number of hydrogen-bond acceptors (Lipinski definition) is 3. The summed E-state index contributed by atoms with van der Waals surface area (Å²) < 4.78 is 0. The molecule has 0 aliphatic heterocycles. The lowest BCUT2D eigenvalue weighted by molar-refractivity contribution is 0.778. The van der Waals surface area contributed by atoms with Gasteiger partial charge in [0.05, 0.1) is 0 Å². The Labute approximate surface area is 95.9 Å². The van der Waals surface area contributed by atoms with Crippen LogP contribution in [0.3, 0.4) is 0 Å². The zero-order valence-electron chi connectivity index (χ0n) is 8.66. The molecule has 5 heteroatoms. The van der Waals surface area contributed by atoms with Gasteiger partial charge in [-0.05, 0) is 36.6 Å². The topological polar surface area (TPSA) is 50.4 Å². The predicted octanol–water partition coefficient (Wildman–Crippen LogP) is 2.12. The Balaban J connectivity index is 3.05. The fourth-order valence-corrected chi connectivity index (χ4v) is 1.80. The third kappa shape index (κ3) is 11.7. The first-order valence-corrected chi connectivity index (χ1v) is 6.48. The van der Waals surface area contributed by atoms with Crippen molar-refractivity contribution in [1.82, 2.24) is 5.43 Å². The molecular weight excluding hydrogens is 214 g/mol. The summed E-state index contributed by atoms with van der Waals surface area (Å²) in [5, 5.41) is 4.07. The Morgan fingerprint density at radius 3 is 2.93 bits per heavy atom. The number of nitrogens with one attached hydrogen (secondary N) is 1. The minimum absolute atomic E-state index is 0.219. The molecule has 0 aromatic heterocycles. The number of hydrazone groups is 1. The van der Waals surface area contributed by atoms with E-state index in [1.54, 1.807) is 0 Å². The first-order valence-electron chi connectivity index (χ1n) is 4.92. The highest BCUT2D eigenvalue weighted by molar-refractivity contribution is 7.99. The molecule has 3 nitrogen and oxygen atoms in total. The third-order valence-electron chi connectivity index (χ3n) is 1.55. The molecule has 82 valence electrons. The van der Waals surface area contributed by atoms with Crippen LogP contribution in [0, 0.1) is 0 Å². The molecule has 0 amide bonds. The van der Waals surface area contributed by atoms with Crippen LogP contribution in [-0.4, -0.2) is 22.8 Å². The molecule has 0 aliphatic carbocycles. The van der Waals surface area contributed by atoms with E-state index in [4.69, 9.17) is 5.73 Å². The maximum atomic E-state index is 5.19. The highest BCUT2D eigenvalue weighted by atomic mass is 32.2. The van der Waals surface area contributed by atoms with Gasteiger partial charge in [0.25, 0.3) is 0 Å². The molecule has 0 radical (unpaired) electrons. The summed E-state index contributed by atoms with van der Waals surface area (Å²) in [6, 6.07) is 0. The van der Waals surface area contributed by atoms with Gasteiger partial charge in [-0.25, -0.2) is 0 Å². The highest BCUT2D eigenvalue weighted by Crippen LogP contribution is 2.06. The molecule has 0 saturated heterocycles. The van der Waals surface area contributed by atoms with Crippen molar-refractivity contribution in [3.8, 4) is 0 Å². The van der Waals surface area contributed by atoms with Crippen LogP contribution in [0.25, 0.3) is 0 Å². The molecule has 0 heterocycles. The lowest BCUT2D eigenvalue weighted by Gasteiger charge is -1.97. The van der Waals surface area contributed by atoms with Gasteiger partial charge in [-0.15, -0.1) is 0 Å². The predicted molar refractivity (Wildman–Crippen MR) is 69.9 cm³/mol. The number of thioether (sulfide) groups is 1. The monoisotopic (exact) mass is 233 g/mol. The van der Waals surface area contributed by atoms with Crippen LogP contribution in [0.4, 0.5) is 0 Å². The Hall–Kier alpha value is -0.290. The van der Waals surface area contributed by atoms with E-state index < -0.39 is 0 Å². The molecular formula is C9H19N3S2. The summed E-state index contributed by atoms with van der Waals surface area (Å²) in [7, 11) is 0. The molecule has 0 unspecified atom stereocenters. The summed E-state index contributed by atoms with van der Waals surface area (Å²) in [6.07, 6.45) is 6.73. The van der Waals surface area contributed by atoms with E-state index in [1.807, 2.05) is 18.0 Å². The average Bonchev–Trinajstić information content (AvgIpc) is 2.15. The van der Waals surface area contributed by atoms with Crippen molar-refractivity contribution in [2.24, 2.45) is 10.8 Å². The minimum Gasteiger partial charge on any atom is -0.375 e. The van der Waals surface area contributed by atoms with Gasteiger partial charge in [0, 0.05) is 6.21 Å². The van der Waals surface area contributed by atoms with Crippen LogP contribution in [0.15, 0.2) is 5.10 Å². The van der Waals surface area contributed by atoms with E-state index in [0.717, 1.165) is 12.2 Å². The highest BCUT2D eigenvalue weighted by Gasteiger charge is 1.88. The second-order valence-electron chi connectivity index (χ2n) is 2.90. The molecule has 0 rings (SSSR count). The van der Waals surface area contributed by atoms with Crippen molar-refractivity contribution in [2.75, 3.05) is 11.5 Å². The van der Waals surface area contributed by atoms with Crippen LogP contribution in [0.2, 0.25) is 0 Å². The van der Waals surface area contributed by atoms with E-state index in [0.29, 0.717) is 0 Å². The molecule has 3 N–H and O–H groups in total. The van der Waals surface area contributed by atoms with Gasteiger partial charge in [-0.3, -0.25) is 5.43 Å². The molecule has 14 heavy (non-hydrogen) atoms. The maximum absolute atomic E-state index is 5.19. The summed E-state index contributed by atoms with van der Waals surface area (Å²) in [5.41, 5.74) is 7.72. The summed E-state index contributed by atoms with van der Waals surface area (Å²) >= 11 is 6.56. The van der Waals surface area contributed by atoms with E-state index in [2.05, 4.69) is 29.7 Å². The Kier molecular flexibility index (Phi) is 10.6. The fourth-order valence-electron chi connectivity index (χ4n) is 0.866. The number of rotatable bonds is 8. The summed E-state index contributed by atoms with van der Waals surface area (Å²) in [4.78, 5) is 0. The van der Waals surface area contributed by atoms with Gasteiger partial charge in [0.1, 0.15) is 0 Å². The first-order chi connectivity index (χ1) is 6.77. The van der Waals surface area contributed by atoms with Crippen LogP contribution >= 0.6 is 24.0 Å². The zero-order chi connectivity index (χ0) is 10.6. The van der Waals surface area contributed by atoms with Gasteiger partial charge < -0.3 is 5.73 Å². The van der Waals surface area contributed by atoms with Crippen molar-refractivity contribution >= 4 is 35.3 Å². The van der Waals surface area contributed by atoms with E-state index in [9.17, 15) is 0 Å². The second kappa shape index (κ2) is 10.8. The standard InChI is InChI=1S/C9H19N3S2/c1-2-3-4-7-14-8-5-6-11-12-9(10)13/h6H,2-5,7-8H2,1H3,(H3,10,12,13). The number of unbranched alkanes of at least 4 members (excludes halogenated alkanes) is 2. The lowest BCUT2D eigenvalue weighted by Crippen LogP contribution is -2.23. The van der Waals surface area contributed by atoms with E-state index >= 15 is 0 Å². The van der Waals surface area contributed by atoms with Gasteiger partial charge >= 0.3 is 0 Å². The summed E-state index contributed by atoms with van der Waals surface area (Å²) in [5.74, 6) is 2.37. The average molecular weight is 233 g/mol. The SMILES string of the molecule is CCCCCSCCC=NNC(N)=S. The van der Waals surface area contributed by atoms with Crippen LogP contribution in [0.1, 0.15) is 32.6 Å². The molecule has 0 aliphatic rings. The van der Waals surface area contributed by atoms with Gasteiger partial charge in [0.2, 0.25) is 0 Å².